The summed E-state index contributed by atoms with van der Waals surface area (Å²) in [4.78, 5) is 10.4. The summed E-state index contributed by atoms with van der Waals surface area (Å²) in [7, 11) is 0. The first kappa shape index (κ1) is 13.4. The molecule has 0 spiro atoms. The minimum absolute atomic E-state index is 0.0676. The van der Waals surface area contributed by atoms with Crippen molar-refractivity contribution in [2.24, 2.45) is 0 Å². The minimum atomic E-state index is -0.818. The maximum absolute atomic E-state index is 10.4. The predicted molar refractivity (Wildman–Crippen MR) is 53.4 cm³/mol. The number of hydrogen-bond donors (Lipinski definition) is 1. The lowest BCUT2D eigenvalue weighted by atomic mass is 10.2. The molecule has 0 aromatic carbocycles. The van der Waals surface area contributed by atoms with Gasteiger partial charge in [-0.05, 0) is 20.3 Å². The van der Waals surface area contributed by atoms with Gasteiger partial charge >= 0.3 is 5.97 Å². The van der Waals surface area contributed by atoms with Gasteiger partial charge in [0.2, 0.25) is 0 Å². The number of hydrogen-bond acceptors (Lipinski definition) is 3. The van der Waals surface area contributed by atoms with Crippen LogP contribution in [0.25, 0.3) is 0 Å². The van der Waals surface area contributed by atoms with Gasteiger partial charge < -0.3 is 14.6 Å². The highest BCUT2D eigenvalue weighted by Gasteiger charge is 2.10. The molecular formula is C10H20O4. The van der Waals surface area contributed by atoms with Crippen LogP contribution < -0.4 is 0 Å². The molecule has 4 heteroatoms. The summed E-state index contributed by atoms with van der Waals surface area (Å²) in [6, 6.07) is 0. The highest BCUT2D eigenvalue weighted by Crippen LogP contribution is 2.03. The van der Waals surface area contributed by atoms with Crippen molar-refractivity contribution < 1.29 is 19.4 Å². The number of aliphatic carboxylic acids is 1. The summed E-state index contributed by atoms with van der Waals surface area (Å²) >= 11 is 0. The Morgan fingerprint density at radius 3 is 2.29 bits per heavy atom. The van der Waals surface area contributed by atoms with Gasteiger partial charge in [0.1, 0.15) is 0 Å². The van der Waals surface area contributed by atoms with E-state index >= 15 is 0 Å². The Morgan fingerprint density at radius 2 is 1.86 bits per heavy atom. The third-order valence-corrected chi connectivity index (χ3v) is 1.75. The van der Waals surface area contributed by atoms with E-state index in [0.29, 0.717) is 19.6 Å². The van der Waals surface area contributed by atoms with Crippen LogP contribution in [-0.2, 0) is 14.3 Å². The molecular weight excluding hydrogens is 184 g/mol. The molecule has 0 bridgehead atoms. The van der Waals surface area contributed by atoms with Gasteiger partial charge in [0, 0.05) is 0 Å². The Balaban J connectivity index is 3.47. The number of carboxylic acids is 1. The predicted octanol–water partition coefficient (Wildman–Crippen LogP) is 1.68. The minimum Gasteiger partial charge on any atom is -0.481 e. The van der Waals surface area contributed by atoms with Crippen molar-refractivity contribution in [2.45, 2.75) is 45.8 Å². The molecule has 0 aliphatic rings. The first-order chi connectivity index (χ1) is 6.56. The zero-order valence-corrected chi connectivity index (χ0v) is 9.16. The molecule has 84 valence electrons. The Morgan fingerprint density at radius 1 is 1.29 bits per heavy atom. The second-order valence-corrected chi connectivity index (χ2v) is 3.42. The highest BCUT2D eigenvalue weighted by molar-refractivity contribution is 5.67. The van der Waals surface area contributed by atoms with Gasteiger partial charge in [-0.25, -0.2) is 0 Å². The second kappa shape index (κ2) is 7.76. The fraction of sp³-hybridized carbons (Fsp3) is 0.900. The monoisotopic (exact) mass is 204 g/mol. The molecule has 4 nitrogen and oxygen atoms in total. The van der Waals surface area contributed by atoms with Crippen molar-refractivity contribution in [3.63, 3.8) is 0 Å². The van der Waals surface area contributed by atoms with Crippen molar-refractivity contribution in [2.75, 3.05) is 13.2 Å². The van der Waals surface area contributed by atoms with Crippen LogP contribution in [-0.4, -0.2) is 36.5 Å². The molecule has 0 aliphatic heterocycles. The molecule has 0 saturated carbocycles. The molecule has 1 unspecified atom stereocenters. The zero-order chi connectivity index (χ0) is 11.0. The Bertz CT molecular complexity index is 156. The number of carboxylic acid groups (broad SMARTS) is 1. The standard InChI is InChI=1S/C10H20O4/c1-4-9(7-10(11)12)14-6-5-13-8(2)3/h8-9H,4-7H2,1-3H3,(H,11,12). The number of rotatable bonds is 8. The van der Waals surface area contributed by atoms with Crippen LogP contribution in [0.5, 0.6) is 0 Å². The van der Waals surface area contributed by atoms with Gasteiger partial charge in [-0.3, -0.25) is 4.79 Å². The lowest BCUT2D eigenvalue weighted by Gasteiger charge is -2.14. The average Bonchev–Trinajstić information content (AvgIpc) is 2.09. The molecule has 0 aromatic rings. The Kier molecular flexibility index (Phi) is 7.42. The van der Waals surface area contributed by atoms with E-state index in [1.54, 1.807) is 0 Å². The molecule has 0 fully saturated rings. The van der Waals surface area contributed by atoms with E-state index in [4.69, 9.17) is 14.6 Å². The van der Waals surface area contributed by atoms with Gasteiger partial charge in [-0.15, -0.1) is 0 Å². The van der Waals surface area contributed by atoms with Crippen LogP contribution in [0.3, 0.4) is 0 Å². The number of ether oxygens (including phenoxy) is 2. The molecule has 0 radical (unpaired) electrons. The molecule has 0 aliphatic carbocycles. The van der Waals surface area contributed by atoms with Crippen LogP contribution in [0.2, 0.25) is 0 Å². The molecule has 1 atom stereocenters. The molecule has 0 heterocycles. The van der Waals surface area contributed by atoms with E-state index in [2.05, 4.69) is 0 Å². The molecule has 1 N–H and O–H groups in total. The fourth-order valence-electron chi connectivity index (χ4n) is 1.01. The summed E-state index contributed by atoms with van der Waals surface area (Å²) < 4.78 is 10.6. The molecule has 0 amide bonds. The average molecular weight is 204 g/mol. The molecule has 0 aromatic heterocycles. The maximum Gasteiger partial charge on any atom is 0.305 e. The lowest BCUT2D eigenvalue weighted by molar-refractivity contribution is -0.140. The van der Waals surface area contributed by atoms with E-state index in [9.17, 15) is 4.79 Å². The highest BCUT2D eigenvalue weighted by atomic mass is 16.5. The Hall–Kier alpha value is -0.610. The first-order valence-corrected chi connectivity index (χ1v) is 5.01. The maximum atomic E-state index is 10.4. The summed E-state index contributed by atoms with van der Waals surface area (Å²) in [5.74, 6) is -0.818. The van der Waals surface area contributed by atoms with Crippen molar-refractivity contribution >= 4 is 5.97 Å². The summed E-state index contributed by atoms with van der Waals surface area (Å²) in [6.45, 7) is 6.80. The SMILES string of the molecule is CCC(CC(=O)O)OCCOC(C)C. The fourth-order valence-corrected chi connectivity index (χ4v) is 1.01. The summed E-state index contributed by atoms with van der Waals surface area (Å²) in [6.07, 6.45) is 0.785. The van der Waals surface area contributed by atoms with Crippen molar-refractivity contribution in [1.82, 2.24) is 0 Å². The van der Waals surface area contributed by atoms with E-state index in [1.807, 2.05) is 20.8 Å². The van der Waals surface area contributed by atoms with Gasteiger partial charge in [-0.2, -0.15) is 0 Å². The van der Waals surface area contributed by atoms with E-state index in [-0.39, 0.29) is 18.6 Å². The molecule has 14 heavy (non-hydrogen) atoms. The second-order valence-electron chi connectivity index (χ2n) is 3.42. The zero-order valence-electron chi connectivity index (χ0n) is 9.16. The van der Waals surface area contributed by atoms with E-state index in [1.165, 1.54) is 0 Å². The third kappa shape index (κ3) is 8.01. The van der Waals surface area contributed by atoms with Gasteiger partial charge in [0.25, 0.3) is 0 Å². The summed E-state index contributed by atoms with van der Waals surface area (Å²) in [5, 5.41) is 8.55. The van der Waals surface area contributed by atoms with Crippen LogP contribution in [0.1, 0.15) is 33.6 Å². The van der Waals surface area contributed by atoms with Gasteiger partial charge in [0.05, 0.1) is 31.8 Å². The number of carbonyl (C=O) groups is 1. The van der Waals surface area contributed by atoms with Crippen LogP contribution in [0.15, 0.2) is 0 Å². The smallest absolute Gasteiger partial charge is 0.305 e. The van der Waals surface area contributed by atoms with Crippen molar-refractivity contribution in [3.05, 3.63) is 0 Å². The largest absolute Gasteiger partial charge is 0.481 e. The normalized spacial score (nSPS) is 13.1. The quantitative estimate of drug-likeness (QED) is 0.611. The van der Waals surface area contributed by atoms with Gasteiger partial charge in [-0.1, -0.05) is 6.92 Å². The Labute approximate surface area is 85.2 Å². The van der Waals surface area contributed by atoms with Gasteiger partial charge in [0.15, 0.2) is 0 Å². The molecule has 0 saturated heterocycles. The summed E-state index contributed by atoms with van der Waals surface area (Å²) in [5.41, 5.74) is 0. The topological polar surface area (TPSA) is 55.8 Å². The van der Waals surface area contributed by atoms with E-state index in [0.717, 1.165) is 0 Å². The molecule has 0 rings (SSSR count). The van der Waals surface area contributed by atoms with Crippen LogP contribution in [0.4, 0.5) is 0 Å². The van der Waals surface area contributed by atoms with Crippen molar-refractivity contribution in [1.29, 1.82) is 0 Å². The van der Waals surface area contributed by atoms with Crippen LogP contribution >= 0.6 is 0 Å². The van der Waals surface area contributed by atoms with Crippen LogP contribution in [0, 0.1) is 0 Å². The lowest BCUT2D eigenvalue weighted by Crippen LogP contribution is -2.20. The van der Waals surface area contributed by atoms with Crippen molar-refractivity contribution in [3.8, 4) is 0 Å². The first-order valence-electron chi connectivity index (χ1n) is 5.01. The third-order valence-electron chi connectivity index (χ3n) is 1.75. The van der Waals surface area contributed by atoms with E-state index < -0.39 is 5.97 Å².